The number of carbonyl (C=O) groups is 2. The monoisotopic (exact) mass is 379 g/mol. The highest BCUT2D eigenvalue weighted by Gasteiger charge is 2.45. The number of nitrogens with zero attached hydrogens (tertiary/aromatic N) is 3. The summed E-state index contributed by atoms with van der Waals surface area (Å²) < 4.78 is 4.98. The Kier molecular flexibility index (Phi) is 5.13. The molecule has 1 aromatic carbocycles. The van der Waals surface area contributed by atoms with Crippen LogP contribution in [0.1, 0.15) is 30.4 Å². The minimum atomic E-state index is -0.188. The number of carbonyl (C=O) groups excluding carboxylic acids is 2. The fourth-order valence-corrected chi connectivity index (χ4v) is 4.46. The molecule has 0 saturated carbocycles. The lowest BCUT2D eigenvalue weighted by molar-refractivity contribution is -0.137. The number of aromatic nitrogens is 1. The number of fused-ring (bicyclic) bond motifs is 2. The van der Waals surface area contributed by atoms with Crippen molar-refractivity contribution in [3.05, 3.63) is 59.9 Å². The van der Waals surface area contributed by atoms with E-state index in [9.17, 15) is 9.59 Å². The van der Waals surface area contributed by atoms with Crippen LogP contribution in [0.25, 0.3) is 0 Å². The lowest BCUT2D eigenvalue weighted by Gasteiger charge is -2.47. The van der Waals surface area contributed by atoms with E-state index in [2.05, 4.69) is 11.1 Å². The minimum absolute atomic E-state index is 0.0204. The summed E-state index contributed by atoms with van der Waals surface area (Å²) in [5.74, 6) is 0.166. The van der Waals surface area contributed by atoms with E-state index in [-0.39, 0.29) is 23.8 Å². The smallest absolute Gasteiger partial charge is 0.248 e. The maximum Gasteiger partial charge on any atom is 0.248 e. The molecule has 3 heterocycles. The van der Waals surface area contributed by atoms with Crippen LogP contribution in [-0.2, 0) is 26.3 Å². The standard InChI is InChI=1S/C22H25N3O3/c1-28-16-21(27)24-12-8-22(9-13-24)14-20(26)25(15-17-6-10-23-11-7-17)19-5-3-2-4-18(19)22/h2-7,10-11H,8-9,12-16H2,1H3. The Morgan fingerprint density at radius 2 is 1.86 bits per heavy atom. The van der Waals surface area contributed by atoms with Gasteiger partial charge in [0.1, 0.15) is 6.61 Å². The van der Waals surface area contributed by atoms with Gasteiger partial charge in [0.2, 0.25) is 11.8 Å². The molecule has 6 nitrogen and oxygen atoms in total. The Hall–Kier alpha value is -2.73. The number of piperidine rings is 1. The van der Waals surface area contributed by atoms with Gasteiger partial charge in [0.05, 0.1) is 6.54 Å². The molecule has 1 saturated heterocycles. The van der Waals surface area contributed by atoms with Crippen molar-refractivity contribution in [1.82, 2.24) is 9.88 Å². The quantitative estimate of drug-likeness (QED) is 0.819. The molecular formula is C22H25N3O3. The number of rotatable bonds is 4. The van der Waals surface area contributed by atoms with Crippen molar-refractivity contribution in [3.63, 3.8) is 0 Å². The first-order valence-electron chi connectivity index (χ1n) is 9.68. The van der Waals surface area contributed by atoms with E-state index >= 15 is 0 Å². The molecule has 0 unspecified atom stereocenters. The molecule has 28 heavy (non-hydrogen) atoms. The summed E-state index contributed by atoms with van der Waals surface area (Å²) in [6.45, 7) is 1.98. The van der Waals surface area contributed by atoms with E-state index in [1.165, 1.54) is 12.7 Å². The molecule has 0 atom stereocenters. The molecule has 2 aliphatic rings. The predicted octanol–water partition coefficient (Wildman–Crippen LogP) is 2.53. The number of hydrogen-bond acceptors (Lipinski definition) is 4. The van der Waals surface area contributed by atoms with Gasteiger partial charge in [-0.1, -0.05) is 18.2 Å². The van der Waals surface area contributed by atoms with E-state index in [4.69, 9.17) is 4.74 Å². The van der Waals surface area contributed by atoms with Crippen molar-refractivity contribution in [2.75, 3.05) is 31.7 Å². The first-order chi connectivity index (χ1) is 13.6. The lowest BCUT2D eigenvalue weighted by atomic mass is 9.67. The third kappa shape index (κ3) is 3.40. The second-order valence-corrected chi connectivity index (χ2v) is 7.62. The van der Waals surface area contributed by atoms with Crippen LogP contribution >= 0.6 is 0 Å². The number of benzene rings is 1. The molecule has 2 aromatic rings. The van der Waals surface area contributed by atoms with Crippen LogP contribution in [0.3, 0.4) is 0 Å². The zero-order chi connectivity index (χ0) is 19.6. The van der Waals surface area contributed by atoms with E-state index in [1.54, 1.807) is 12.4 Å². The van der Waals surface area contributed by atoms with Gasteiger partial charge in [-0.15, -0.1) is 0 Å². The number of ether oxygens (including phenoxy) is 1. The molecule has 1 fully saturated rings. The van der Waals surface area contributed by atoms with Gasteiger partial charge in [0, 0.05) is 50.1 Å². The second kappa shape index (κ2) is 7.72. The van der Waals surface area contributed by atoms with Gasteiger partial charge in [-0.3, -0.25) is 14.6 Å². The average Bonchev–Trinajstić information content (AvgIpc) is 2.73. The Labute approximate surface area is 165 Å². The molecule has 4 rings (SSSR count). The molecule has 0 radical (unpaired) electrons. The number of para-hydroxylation sites is 1. The van der Waals surface area contributed by atoms with Crippen LogP contribution in [-0.4, -0.2) is 48.5 Å². The van der Waals surface area contributed by atoms with Crippen molar-refractivity contribution >= 4 is 17.5 Å². The summed E-state index contributed by atoms with van der Waals surface area (Å²) in [6.07, 6.45) is 5.60. The number of amides is 2. The molecule has 6 heteroatoms. The van der Waals surface area contributed by atoms with Gasteiger partial charge < -0.3 is 14.5 Å². The highest BCUT2D eigenvalue weighted by molar-refractivity contribution is 5.98. The third-order valence-electron chi connectivity index (χ3n) is 5.99. The zero-order valence-corrected chi connectivity index (χ0v) is 16.1. The number of anilines is 1. The van der Waals surface area contributed by atoms with Crippen LogP contribution in [0.15, 0.2) is 48.8 Å². The van der Waals surface area contributed by atoms with Gasteiger partial charge >= 0.3 is 0 Å². The topological polar surface area (TPSA) is 62.7 Å². The Morgan fingerprint density at radius 1 is 1.14 bits per heavy atom. The van der Waals surface area contributed by atoms with E-state index in [0.29, 0.717) is 26.1 Å². The van der Waals surface area contributed by atoms with Gasteiger partial charge in [0.15, 0.2) is 0 Å². The highest BCUT2D eigenvalue weighted by Crippen LogP contribution is 2.47. The van der Waals surface area contributed by atoms with Crippen LogP contribution in [0.4, 0.5) is 5.69 Å². The fourth-order valence-electron chi connectivity index (χ4n) is 4.46. The molecular weight excluding hydrogens is 354 g/mol. The maximum absolute atomic E-state index is 13.2. The molecule has 0 bridgehead atoms. The number of likely N-dealkylation sites (tertiary alicyclic amines) is 1. The average molecular weight is 379 g/mol. The fraction of sp³-hybridized carbons (Fsp3) is 0.409. The molecule has 0 aliphatic carbocycles. The van der Waals surface area contributed by atoms with Crippen LogP contribution in [0.5, 0.6) is 0 Å². The van der Waals surface area contributed by atoms with Crippen molar-refractivity contribution in [3.8, 4) is 0 Å². The molecule has 0 N–H and O–H groups in total. The largest absolute Gasteiger partial charge is 0.375 e. The summed E-state index contributed by atoms with van der Waals surface area (Å²) in [7, 11) is 1.54. The van der Waals surface area contributed by atoms with Crippen LogP contribution in [0, 0.1) is 0 Å². The number of pyridine rings is 1. The second-order valence-electron chi connectivity index (χ2n) is 7.62. The van der Waals surface area contributed by atoms with Gasteiger partial charge in [0.25, 0.3) is 0 Å². The minimum Gasteiger partial charge on any atom is -0.375 e. The lowest BCUT2D eigenvalue weighted by Crippen LogP contribution is -2.51. The van der Waals surface area contributed by atoms with Crippen LogP contribution < -0.4 is 4.90 Å². The maximum atomic E-state index is 13.2. The predicted molar refractivity (Wildman–Crippen MR) is 106 cm³/mol. The number of hydrogen-bond donors (Lipinski definition) is 0. The molecule has 2 aliphatic heterocycles. The molecule has 2 amide bonds. The molecule has 146 valence electrons. The van der Waals surface area contributed by atoms with E-state index < -0.39 is 0 Å². The number of methoxy groups -OCH3 is 1. The van der Waals surface area contributed by atoms with E-state index in [1.807, 2.05) is 40.1 Å². The van der Waals surface area contributed by atoms with Gasteiger partial charge in [-0.2, -0.15) is 0 Å². The summed E-state index contributed by atoms with van der Waals surface area (Å²) >= 11 is 0. The van der Waals surface area contributed by atoms with Crippen molar-refractivity contribution < 1.29 is 14.3 Å². The van der Waals surface area contributed by atoms with Crippen molar-refractivity contribution in [2.24, 2.45) is 0 Å². The third-order valence-corrected chi connectivity index (χ3v) is 5.99. The zero-order valence-electron chi connectivity index (χ0n) is 16.1. The Balaban J connectivity index is 1.60. The Bertz CT molecular complexity index is 860. The van der Waals surface area contributed by atoms with E-state index in [0.717, 1.165) is 24.1 Å². The summed E-state index contributed by atoms with van der Waals surface area (Å²) in [5.41, 5.74) is 3.09. The van der Waals surface area contributed by atoms with Crippen LogP contribution in [0.2, 0.25) is 0 Å². The summed E-state index contributed by atoms with van der Waals surface area (Å²) in [6, 6.07) is 12.1. The van der Waals surface area contributed by atoms with Crippen molar-refractivity contribution in [1.29, 1.82) is 0 Å². The normalized spacial score (nSPS) is 18.2. The van der Waals surface area contributed by atoms with Gasteiger partial charge in [-0.25, -0.2) is 0 Å². The highest BCUT2D eigenvalue weighted by atomic mass is 16.5. The van der Waals surface area contributed by atoms with Gasteiger partial charge in [-0.05, 0) is 42.2 Å². The van der Waals surface area contributed by atoms with Crippen molar-refractivity contribution in [2.45, 2.75) is 31.2 Å². The first kappa shape index (κ1) is 18.6. The molecule has 1 spiro atoms. The Morgan fingerprint density at radius 3 is 2.57 bits per heavy atom. The first-order valence-corrected chi connectivity index (χ1v) is 9.68. The summed E-state index contributed by atoms with van der Waals surface area (Å²) in [5, 5.41) is 0. The summed E-state index contributed by atoms with van der Waals surface area (Å²) in [4.78, 5) is 33.1. The SMILES string of the molecule is COCC(=O)N1CCC2(CC1)CC(=O)N(Cc1ccncc1)c1ccccc12. The molecule has 1 aromatic heterocycles.